The second-order valence-corrected chi connectivity index (χ2v) is 10.9. The molecule has 0 spiro atoms. The van der Waals surface area contributed by atoms with Gasteiger partial charge in [0.25, 0.3) is 0 Å². The first-order valence-corrected chi connectivity index (χ1v) is 13.7. The molecule has 0 saturated carbocycles. The highest BCUT2D eigenvalue weighted by Crippen LogP contribution is 2.19. The molecule has 1 aliphatic rings. The Labute approximate surface area is 163 Å². The van der Waals surface area contributed by atoms with E-state index in [2.05, 4.69) is 13.8 Å². The van der Waals surface area contributed by atoms with E-state index in [9.17, 15) is 0 Å². The predicted octanol–water partition coefficient (Wildman–Crippen LogP) is 7.14. The van der Waals surface area contributed by atoms with Gasteiger partial charge in [0.15, 0.2) is 0 Å². The van der Waals surface area contributed by atoms with Gasteiger partial charge in [-0.2, -0.15) is 0 Å². The molecule has 1 saturated heterocycles. The zero-order valence-electron chi connectivity index (χ0n) is 17.4. The van der Waals surface area contributed by atoms with Crippen molar-refractivity contribution in [1.29, 1.82) is 0 Å². The molecule has 0 atom stereocenters. The van der Waals surface area contributed by atoms with Crippen molar-refractivity contribution >= 4 is 14.5 Å². The lowest BCUT2D eigenvalue weighted by Gasteiger charge is -2.24. The maximum atomic E-state index is 6.52. The second kappa shape index (κ2) is 17.8. The number of ether oxygens (including phenoxy) is 1. The Hall–Kier alpha value is 0.452. The van der Waals surface area contributed by atoms with Crippen LogP contribution in [0.5, 0.6) is 0 Å². The number of rotatable bonds is 17. The summed E-state index contributed by atoms with van der Waals surface area (Å²) in [6.07, 6.45) is 19.4. The highest BCUT2D eigenvalue weighted by molar-refractivity contribution is 6.51. The monoisotopic (exact) mass is 368 g/mol. The summed E-state index contributed by atoms with van der Waals surface area (Å²) < 4.78 is 12.0. The Morgan fingerprint density at radius 1 is 0.720 bits per heavy atom. The van der Waals surface area contributed by atoms with Crippen molar-refractivity contribution in [3.63, 3.8) is 0 Å². The summed E-state index contributed by atoms with van der Waals surface area (Å²) in [6, 6.07) is 0. The topological polar surface area (TPSA) is 18.5 Å². The lowest BCUT2D eigenvalue weighted by molar-refractivity contribution is 0.0491. The van der Waals surface area contributed by atoms with Gasteiger partial charge in [-0.1, -0.05) is 101 Å². The van der Waals surface area contributed by atoms with E-state index in [0.717, 1.165) is 25.7 Å². The van der Waals surface area contributed by atoms with Gasteiger partial charge in [0, 0.05) is 19.8 Å². The van der Waals surface area contributed by atoms with Crippen molar-refractivity contribution < 1.29 is 8.53 Å². The summed E-state index contributed by atoms with van der Waals surface area (Å²) in [5.41, 5.74) is 0. The maximum absolute atomic E-state index is 6.52. The minimum Gasteiger partial charge on any atom is -0.500 e. The van der Waals surface area contributed by atoms with Crippen LogP contribution < -0.4 is 0 Å². The Morgan fingerprint density at radius 3 is 1.72 bits per heavy atom. The van der Waals surface area contributed by atoms with Gasteiger partial charge in [-0.3, -0.25) is 0 Å². The molecule has 0 aliphatic carbocycles. The molecule has 0 aromatic heterocycles. The number of hydrogen-bond acceptors (Lipinski definition) is 2. The molecular weight excluding hydrogens is 323 g/mol. The van der Waals surface area contributed by atoms with E-state index in [1.54, 1.807) is 0 Å². The molecule has 1 heterocycles. The normalized spacial score (nSPS) is 15.6. The van der Waals surface area contributed by atoms with E-state index < -0.39 is 14.5 Å². The average molecular weight is 369 g/mol. The van der Waals surface area contributed by atoms with Crippen molar-refractivity contribution in [2.24, 2.45) is 5.92 Å². The van der Waals surface area contributed by atoms with E-state index >= 15 is 0 Å². The first-order chi connectivity index (χ1) is 12.4. The van der Waals surface area contributed by atoms with Gasteiger partial charge in [-0.15, -0.1) is 0 Å². The van der Waals surface area contributed by atoms with E-state index in [1.807, 2.05) is 0 Å². The molecule has 1 fully saturated rings. The summed E-state index contributed by atoms with van der Waals surface area (Å²) in [6.45, 7) is 7.54. The van der Waals surface area contributed by atoms with Crippen LogP contribution in [0, 0.1) is 5.92 Å². The summed E-state index contributed by atoms with van der Waals surface area (Å²) in [7, 11) is 0. The zero-order valence-corrected chi connectivity index (χ0v) is 18.6. The van der Waals surface area contributed by atoms with Crippen LogP contribution in [0.25, 0.3) is 0 Å². The molecule has 0 N–H and O–H groups in total. The molecule has 1 rings (SSSR count). The Morgan fingerprint density at radius 2 is 1.20 bits per heavy atom. The molecule has 3 heteroatoms. The Kier molecular flexibility index (Phi) is 16.8. The maximum Gasteiger partial charge on any atom is 0.460 e. The fraction of sp³-hybridized carbons (Fsp3) is 1.00. The van der Waals surface area contributed by atoms with Gasteiger partial charge < -0.3 is 8.53 Å². The van der Waals surface area contributed by atoms with Gasteiger partial charge in [-0.05, 0) is 18.8 Å². The molecule has 0 bridgehead atoms. The average Bonchev–Trinajstić information content (AvgIpc) is 2.65. The van der Waals surface area contributed by atoms with E-state index in [-0.39, 0.29) is 0 Å². The van der Waals surface area contributed by atoms with Crippen molar-refractivity contribution in [1.82, 2.24) is 0 Å². The lowest BCUT2D eigenvalue weighted by Crippen LogP contribution is -2.26. The highest BCUT2D eigenvalue weighted by Gasteiger charge is 2.22. The van der Waals surface area contributed by atoms with Gasteiger partial charge in [0.05, 0.1) is 0 Å². The summed E-state index contributed by atoms with van der Waals surface area (Å²) in [5, 5.41) is 2.84. The van der Waals surface area contributed by atoms with Crippen LogP contribution in [0.15, 0.2) is 0 Å². The van der Waals surface area contributed by atoms with Crippen LogP contribution in [-0.4, -0.2) is 34.3 Å². The van der Waals surface area contributed by atoms with Gasteiger partial charge in [0.1, 0.15) is 0 Å². The summed E-state index contributed by atoms with van der Waals surface area (Å²) in [5.74, 6) is 0.776. The highest BCUT2D eigenvalue weighted by atomic mass is 27.2. The van der Waals surface area contributed by atoms with Gasteiger partial charge in [0.2, 0.25) is 0 Å². The molecular formula is C22H45AlO2. The van der Waals surface area contributed by atoms with Crippen LogP contribution >= 0.6 is 0 Å². The first-order valence-electron chi connectivity index (χ1n) is 11.6. The van der Waals surface area contributed by atoms with Crippen LogP contribution in [0.4, 0.5) is 0 Å². The SMILES string of the molecule is CCCCCCC[CH2][Al]([CH2]CCCCCCC)[O]CC1CCOCC1. The molecule has 0 aromatic carbocycles. The largest absolute Gasteiger partial charge is 0.500 e. The summed E-state index contributed by atoms with van der Waals surface area (Å²) in [4.78, 5) is 0. The molecule has 0 amide bonds. The third kappa shape index (κ3) is 14.2. The van der Waals surface area contributed by atoms with Gasteiger partial charge in [-0.25, -0.2) is 0 Å². The van der Waals surface area contributed by atoms with E-state index in [0.29, 0.717) is 0 Å². The third-order valence-electron chi connectivity index (χ3n) is 5.67. The summed E-state index contributed by atoms with van der Waals surface area (Å²) >= 11 is -0.963. The van der Waals surface area contributed by atoms with Crippen molar-refractivity contribution in [2.45, 2.75) is 114 Å². The second-order valence-electron chi connectivity index (χ2n) is 8.12. The molecule has 25 heavy (non-hydrogen) atoms. The molecule has 0 aromatic rings. The minimum atomic E-state index is -0.963. The predicted molar refractivity (Wildman–Crippen MR) is 112 cm³/mol. The van der Waals surface area contributed by atoms with Crippen LogP contribution in [0.1, 0.15) is 104 Å². The van der Waals surface area contributed by atoms with Gasteiger partial charge >= 0.3 is 14.5 Å². The third-order valence-corrected chi connectivity index (χ3v) is 8.44. The zero-order chi connectivity index (χ0) is 18.0. The Balaban J connectivity index is 2.15. The van der Waals surface area contributed by atoms with Crippen molar-refractivity contribution in [3.8, 4) is 0 Å². The molecule has 148 valence electrons. The first kappa shape index (κ1) is 23.5. The fourth-order valence-corrected chi connectivity index (χ4v) is 6.46. The van der Waals surface area contributed by atoms with E-state index in [1.165, 1.54) is 100 Å². The van der Waals surface area contributed by atoms with Crippen LogP contribution in [-0.2, 0) is 8.53 Å². The number of hydrogen-bond donors (Lipinski definition) is 0. The van der Waals surface area contributed by atoms with Crippen molar-refractivity contribution in [3.05, 3.63) is 0 Å². The molecule has 0 unspecified atom stereocenters. The minimum absolute atomic E-state index is 0.776. The molecule has 0 radical (unpaired) electrons. The Bertz CT molecular complexity index is 251. The molecule has 1 aliphatic heterocycles. The van der Waals surface area contributed by atoms with Crippen molar-refractivity contribution in [2.75, 3.05) is 19.8 Å². The standard InChI is InChI=1S/2C8H17.C6H11O2.Al/c2*1-3-5-7-8-6-4-2;7-5-6-1-3-8-4-2-6;/h2*1,3-8H2,2H3;6H,1-5H2;/q;;-1;+1. The van der Waals surface area contributed by atoms with Crippen LogP contribution in [0.2, 0.25) is 10.6 Å². The quantitative estimate of drug-likeness (QED) is 0.201. The fourth-order valence-electron chi connectivity index (χ4n) is 3.80. The molecule has 2 nitrogen and oxygen atoms in total. The smallest absolute Gasteiger partial charge is 0.460 e. The van der Waals surface area contributed by atoms with Crippen LogP contribution in [0.3, 0.4) is 0 Å². The lowest BCUT2D eigenvalue weighted by atomic mass is 10.0. The van der Waals surface area contributed by atoms with E-state index in [4.69, 9.17) is 8.53 Å². The number of unbranched alkanes of at least 4 members (excludes halogenated alkanes) is 10.